The van der Waals surface area contributed by atoms with Crippen LogP contribution in [0.25, 0.3) is 0 Å². The molecule has 2 N–H and O–H groups in total. The molecule has 1 aromatic rings. The number of anilines is 1. The number of ether oxygens (including phenoxy) is 1. The van der Waals surface area contributed by atoms with Crippen molar-refractivity contribution in [2.24, 2.45) is 0 Å². The van der Waals surface area contributed by atoms with Crippen LogP contribution in [-0.2, 0) is 4.74 Å². The fraction of sp³-hybridized carbons (Fsp3) is 0.222. The number of aromatic nitrogens is 1. The van der Waals surface area contributed by atoms with Crippen LogP contribution in [0.5, 0.6) is 0 Å². The first-order valence-corrected chi connectivity index (χ1v) is 5.84. The monoisotopic (exact) mass is 275 g/mol. The summed E-state index contributed by atoms with van der Waals surface area (Å²) in [5.74, 6) is 0.306. The smallest absolute Gasteiger partial charge is 0.417 e. The van der Waals surface area contributed by atoms with Crippen molar-refractivity contribution >= 4 is 40.7 Å². The molecule has 2 amide bonds. The van der Waals surface area contributed by atoms with Crippen molar-refractivity contribution in [1.82, 2.24) is 9.71 Å². The minimum Gasteiger partial charge on any atom is -0.449 e. The van der Waals surface area contributed by atoms with E-state index < -0.39 is 11.3 Å². The minimum atomic E-state index is -0.674. The molecule has 0 aliphatic heterocycles. The number of amides is 2. The lowest BCUT2D eigenvalue weighted by Crippen LogP contribution is -2.21. The van der Waals surface area contributed by atoms with Crippen LogP contribution in [0.2, 0.25) is 5.15 Å². The van der Waals surface area contributed by atoms with E-state index in [2.05, 4.69) is 19.8 Å². The molecular formula is C9H10ClN3O3S. The van der Waals surface area contributed by atoms with E-state index in [-0.39, 0.29) is 11.8 Å². The van der Waals surface area contributed by atoms with E-state index in [1.165, 1.54) is 0 Å². The van der Waals surface area contributed by atoms with Gasteiger partial charge in [-0.3, -0.25) is 14.8 Å². The average Bonchev–Trinajstić information content (AvgIpc) is 2.27. The van der Waals surface area contributed by atoms with Crippen LogP contribution in [-0.4, -0.2) is 22.9 Å². The maximum atomic E-state index is 11.3. The van der Waals surface area contributed by atoms with Gasteiger partial charge in [-0.2, -0.15) is 0 Å². The second kappa shape index (κ2) is 6.97. The third-order valence-corrected chi connectivity index (χ3v) is 2.21. The summed E-state index contributed by atoms with van der Waals surface area (Å²) in [5, 5.41) is 2.22. The summed E-state index contributed by atoms with van der Waals surface area (Å²) in [4.78, 5) is 26.1. The molecule has 0 aromatic carbocycles. The molecule has 0 bridgehead atoms. The third-order valence-electron chi connectivity index (χ3n) is 1.45. The van der Waals surface area contributed by atoms with Gasteiger partial charge in [-0.1, -0.05) is 17.7 Å². The Morgan fingerprint density at radius 3 is 2.94 bits per heavy atom. The Kier molecular flexibility index (Phi) is 5.58. The molecule has 17 heavy (non-hydrogen) atoms. The van der Waals surface area contributed by atoms with E-state index in [1.807, 2.05) is 0 Å². The minimum absolute atomic E-state index is 0.240. The zero-order chi connectivity index (χ0) is 12.7. The van der Waals surface area contributed by atoms with Gasteiger partial charge in [0.2, 0.25) is 0 Å². The summed E-state index contributed by atoms with van der Waals surface area (Å²) in [7, 11) is 0. The number of hydrogen-bond acceptors (Lipinski definition) is 5. The normalized spacial score (nSPS) is 9.53. The molecule has 0 aliphatic carbocycles. The second-order valence-electron chi connectivity index (χ2n) is 2.68. The lowest BCUT2D eigenvalue weighted by atomic mass is 10.5. The van der Waals surface area contributed by atoms with Gasteiger partial charge in [-0.05, 0) is 19.1 Å². The summed E-state index contributed by atoms with van der Waals surface area (Å²) < 4.78 is 6.77. The molecule has 1 heterocycles. The Morgan fingerprint density at radius 2 is 2.29 bits per heavy atom. The predicted molar refractivity (Wildman–Crippen MR) is 66.0 cm³/mol. The first-order chi connectivity index (χ1) is 8.11. The van der Waals surface area contributed by atoms with E-state index in [0.717, 1.165) is 0 Å². The molecule has 0 aliphatic rings. The van der Waals surface area contributed by atoms with E-state index in [1.54, 1.807) is 25.1 Å². The van der Waals surface area contributed by atoms with Gasteiger partial charge < -0.3 is 4.74 Å². The summed E-state index contributed by atoms with van der Waals surface area (Å²) in [5.41, 5.74) is 0. The van der Waals surface area contributed by atoms with Crippen molar-refractivity contribution < 1.29 is 14.3 Å². The van der Waals surface area contributed by atoms with Gasteiger partial charge in [0, 0.05) is 0 Å². The lowest BCUT2D eigenvalue weighted by molar-refractivity contribution is 0.159. The molecule has 0 saturated carbocycles. The Morgan fingerprint density at radius 1 is 1.53 bits per heavy atom. The van der Waals surface area contributed by atoms with Crippen molar-refractivity contribution in [3.63, 3.8) is 0 Å². The molecule has 8 heteroatoms. The maximum absolute atomic E-state index is 11.3. The van der Waals surface area contributed by atoms with Gasteiger partial charge in [-0.15, -0.1) is 0 Å². The largest absolute Gasteiger partial charge is 0.449 e. The second-order valence-corrected chi connectivity index (χ2v) is 3.85. The average molecular weight is 276 g/mol. The first kappa shape index (κ1) is 13.6. The van der Waals surface area contributed by atoms with Gasteiger partial charge in [-0.25, -0.2) is 9.78 Å². The summed E-state index contributed by atoms with van der Waals surface area (Å²) in [6, 6.07) is 4.81. The first-order valence-electron chi connectivity index (χ1n) is 4.65. The number of carbonyl (C=O) groups excluding carboxylic acids is 2. The van der Waals surface area contributed by atoms with Gasteiger partial charge in [0.25, 0.3) is 0 Å². The maximum Gasteiger partial charge on any atom is 0.417 e. The van der Waals surface area contributed by atoms with Crippen LogP contribution in [0, 0.1) is 0 Å². The molecule has 0 atom stereocenters. The van der Waals surface area contributed by atoms with Crippen molar-refractivity contribution in [3.8, 4) is 0 Å². The van der Waals surface area contributed by atoms with E-state index >= 15 is 0 Å². The van der Waals surface area contributed by atoms with Crippen LogP contribution in [0.3, 0.4) is 0 Å². The standard InChI is InChI=1S/C9H10ClN3O3S/c1-2-16-8(14)13-17-9(15)12-7-5-3-4-6(10)11-7/h3-5H,2H2,1H3,(H,13,14)(H,11,12,15). The van der Waals surface area contributed by atoms with Crippen molar-refractivity contribution in [2.75, 3.05) is 11.9 Å². The molecule has 0 spiro atoms. The topological polar surface area (TPSA) is 80.3 Å². The number of nitrogens with one attached hydrogen (secondary N) is 2. The predicted octanol–water partition coefficient (Wildman–Crippen LogP) is 2.66. The molecule has 0 saturated heterocycles. The fourth-order valence-electron chi connectivity index (χ4n) is 0.857. The Bertz CT molecular complexity index is 416. The highest BCUT2D eigenvalue weighted by molar-refractivity contribution is 8.12. The number of halogens is 1. The molecule has 0 fully saturated rings. The Labute approximate surface area is 107 Å². The third kappa shape index (κ3) is 5.41. The molecule has 0 unspecified atom stereocenters. The highest BCUT2D eigenvalue weighted by Crippen LogP contribution is 2.11. The molecule has 6 nitrogen and oxygen atoms in total. The highest BCUT2D eigenvalue weighted by atomic mass is 35.5. The number of carbonyl (C=O) groups is 2. The van der Waals surface area contributed by atoms with Gasteiger partial charge in [0.05, 0.1) is 18.6 Å². The van der Waals surface area contributed by atoms with Crippen molar-refractivity contribution in [3.05, 3.63) is 23.4 Å². The van der Waals surface area contributed by atoms with E-state index in [4.69, 9.17) is 11.6 Å². The van der Waals surface area contributed by atoms with Crippen molar-refractivity contribution in [1.29, 1.82) is 0 Å². The van der Waals surface area contributed by atoms with Crippen LogP contribution in [0.1, 0.15) is 6.92 Å². The zero-order valence-electron chi connectivity index (χ0n) is 8.90. The molecular weight excluding hydrogens is 266 g/mol. The Balaban J connectivity index is 2.37. The molecule has 0 radical (unpaired) electrons. The number of nitrogens with zero attached hydrogens (tertiary/aromatic N) is 1. The van der Waals surface area contributed by atoms with Crippen molar-refractivity contribution in [2.45, 2.75) is 6.92 Å². The van der Waals surface area contributed by atoms with E-state index in [9.17, 15) is 9.59 Å². The summed E-state index contributed by atoms with van der Waals surface area (Å²) in [6.45, 7) is 1.91. The molecule has 92 valence electrons. The van der Waals surface area contributed by atoms with Crippen LogP contribution in [0.4, 0.5) is 15.4 Å². The summed E-state index contributed by atoms with van der Waals surface area (Å²) in [6.07, 6.45) is -0.674. The molecule has 1 rings (SSSR count). The quantitative estimate of drug-likeness (QED) is 0.641. The Hall–Kier alpha value is -1.47. The van der Waals surface area contributed by atoms with Gasteiger partial charge in [0.1, 0.15) is 11.0 Å². The zero-order valence-corrected chi connectivity index (χ0v) is 10.5. The highest BCUT2D eigenvalue weighted by Gasteiger charge is 2.07. The SMILES string of the molecule is CCOC(=O)NSC(=O)Nc1cccc(Cl)n1. The fourth-order valence-corrected chi connectivity index (χ4v) is 1.41. The van der Waals surface area contributed by atoms with Crippen LogP contribution < -0.4 is 10.0 Å². The number of rotatable bonds is 2. The number of pyridine rings is 1. The van der Waals surface area contributed by atoms with Crippen LogP contribution in [0.15, 0.2) is 18.2 Å². The van der Waals surface area contributed by atoms with Crippen LogP contribution >= 0.6 is 23.5 Å². The summed E-state index contributed by atoms with van der Waals surface area (Å²) >= 11 is 6.21. The van der Waals surface area contributed by atoms with Gasteiger partial charge >= 0.3 is 11.3 Å². The number of hydrogen-bond donors (Lipinski definition) is 2. The lowest BCUT2D eigenvalue weighted by Gasteiger charge is -2.05. The van der Waals surface area contributed by atoms with E-state index in [0.29, 0.717) is 17.8 Å². The molecule has 1 aromatic heterocycles. The van der Waals surface area contributed by atoms with Gasteiger partial charge in [0.15, 0.2) is 0 Å².